The second-order valence-electron chi connectivity index (χ2n) is 3.36. The molecule has 0 aliphatic rings. The van der Waals surface area contributed by atoms with E-state index in [1.165, 1.54) is 18.3 Å². The van der Waals surface area contributed by atoms with Crippen LogP contribution in [0.3, 0.4) is 0 Å². The van der Waals surface area contributed by atoms with Gasteiger partial charge in [0.05, 0.1) is 0 Å². The van der Waals surface area contributed by atoms with Crippen molar-refractivity contribution < 1.29 is 14.3 Å². The molecule has 5 nitrogen and oxygen atoms in total. The number of furan rings is 1. The third kappa shape index (κ3) is 1.75. The largest absolute Gasteiger partial charge is 0.475 e. The van der Waals surface area contributed by atoms with Gasteiger partial charge in [0.2, 0.25) is 11.3 Å². The predicted octanol–water partition coefficient (Wildman–Crippen LogP) is 1.64. The summed E-state index contributed by atoms with van der Waals surface area (Å²) < 4.78 is 5.13. The number of aromatic carboxylic acids is 1. The first kappa shape index (κ1) is 10.2. The molecule has 0 radical (unpaired) electrons. The summed E-state index contributed by atoms with van der Waals surface area (Å²) >= 11 is 0. The van der Waals surface area contributed by atoms with Crippen molar-refractivity contribution in [1.82, 2.24) is 4.98 Å². The minimum Gasteiger partial charge on any atom is -0.475 e. The fraction of sp³-hybridized carbons (Fsp3) is 0.0909. The zero-order valence-electron chi connectivity index (χ0n) is 8.48. The smallest absolute Gasteiger partial charge is 0.371 e. The average Bonchev–Trinajstić information content (AvgIpc) is 2.66. The molecule has 0 bridgehead atoms. The molecule has 2 rings (SSSR count). The number of H-pyrrole nitrogens is 1. The number of pyridine rings is 1. The summed E-state index contributed by atoms with van der Waals surface area (Å²) in [5.74, 6) is -0.819. The van der Waals surface area contributed by atoms with Crippen molar-refractivity contribution in [3.8, 4) is 11.3 Å². The van der Waals surface area contributed by atoms with Crippen molar-refractivity contribution in [2.75, 3.05) is 0 Å². The molecule has 0 saturated heterocycles. The number of nitrogens with one attached hydrogen (secondary N) is 1. The third-order valence-corrected chi connectivity index (χ3v) is 2.21. The van der Waals surface area contributed by atoms with Crippen LogP contribution in [0.2, 0.25) is 0 Å². The summed E-state index contributed by atoms with van der Waals surface area (Å²) in [5, 5.41) is 8.71. The first-order valence-electron chi connectivity index (χ1n) is 4.61. The minimum absolute atomic E-state index is 0.124. The van der Waals surface area contributed by atoms with E-state index in [0.717, 1.165) is 5.56 Å². The third-order valence-electron chi connectivity index (χ3n) is 2.21. The summed E-state index contributed by atoms with van der Waals surface area (Å²) in [4.78, 5) is 24.2. The monoisotopic (exact) mass is 219 g/mol. The molecule has 82 valence electrons. The highest BCUT2D eigenvalue weighted by atomic mass is 16.4. The normalized spacial score (nSPS) is 10.3. The highest BCUT2D eigenvalue weighted by molar-refractivity contribution is 5.85. The topological polar surface area (TPSA) is 83.3 Å². The Morgan fingerprint density at radius 3 is 2.75 bits per heavy atom. The lowest BCUT2D eigenvalue weighted by atomic mass is 10.1. The van der Waals surface area contributed by atoms with Crippen LogP contribution in [0.25, 0.3) is 11.3 Å². The van der Waals surface area contributed by atoms with Gasteiger partial charge in [-0.15, -0.1) is 0 Å². The van der Waals surface area contributed by atoms with E-state index in [-0.39, 0.29) is 11.3 Å². The van der Waals surface area contributed by atoms with Crippen LogP contribution in [-0.2, 0) is 0 Å². The van der Waals surface area contributed by atoms with E-state index in [9.17, 15) is 9.59 Å². The van der Waals surface area contributed by atoms with E-state index in [1.54, 1.807) is 13.0 Å². The fourth-order valence-electron chi connectivity index (χ4n) is 1.44. The quantitative estimate of drug-likeness (QED) is 0.804. The Morgan fingerprint density at radius 1 is 1.44 bits per heavy atom. The second kappa shape index (κ2) is 3.69. The maximum Gasteiger partial charge on any atom is 0.371 e. The van der Waals surface area contributed by atoms with E-state index < -0.39 is 5.97 Å². The number of carboxylic acid groups (broad SMARTS) is 1. The fourth-order valence-corrected chi connectivity index (χ4v) is 1.44. The molecular formula is C11H9NO4. The number of hydrogen-bond acceptors (Lipinski definition) is 3. The summed E-state index contributed by atoms with van der Waals surface area (Å²) in [6.45, 7) is 1.76. The van der Waals surface area contributed by atoms with Crippen LogP contribution < -0.4 is 5.56 Å². The Balaban J connectivity index is 2.50. The van der Waals surface area contributed by atoms with Crippen LogP contribution >= 0.6 is 0 Å². The molecule has 0 aromatic carbocycles. The SMILES string of the molecule is Cc1cc(=O)[nH]cc1-c1ccc(C(=O)O)o1. The standard InChI is InChI=1S/C11H9NO4/c1-6-4-10(13)12-5-7(6)8-2-3-9(16-8)11(14)15/h2-5H,1H3,(H,12,13)(H,14,15). The van der Waals surface area contributed by atoms with Crippen molar-refractivity contribution in [3.05, 3.63) is 46.1 Å². The van der Waals surface area contributed by atoms with Gasteiger partial charge >= 0.3 is 5.97 Å². The molecule has 0 atom stereocenters. The molecule has 16 heavy (non-hydrogen) atoms. The van der Waals surface area contributed by atoms with E-state index in [0.29, 0.717) is 11.3 Å². The van der Waals surface area contributed by atoms with Gasteiger partial charge in [0, 0.05) is 17.8 Å². The minimum atomic E-state index is -1.12. The molecule has 0 saturated carbocycles. The van der Waals surface area contributed by atoms with Crippen LogP contribution in [0.1, 0.15) is 16.1 Å². The Kier molecular flexibility index (Phi) is 2.36. The molecule has 2 aromatic heterocycles. The summed E-state index contributed by atoms with van der Waals surface area (Å²) in [5.41, 5.74) is 1.20. The molecule has 5 heteroatoms. The highest BCUT2D eigenvalue weighted by Gasteiger charge is 2.11. The van der Waals surface area contributed by atoms with E-state index in [1.807, 2.05) is 0 Å². The van der Waals surface area contributed by atoms with Gasteiger partial charge in [-0.1, -0.05) is 0 Å². The number of hydrogen-bond donors (Lipinski definition) is 2. The molecule has 0 fully saturated rings. The van der Waals surface area contributed by atoms with Gasteiger partial charge < -0.3 is 14.5 Å². The Labute approximate surface area is 90.3 Å². The van der Waals surface area contributed by atoms with Gasteiger partial charge in [-0.25, -0.2) is 4.79 Å². The van der Waals surface area contributed by atoms with E-state index in [2.05, 4.69) is 4.98 Å². The van der Waals surface area contributed by atoms with Crippen molar-refractivity contribution in [3.63, 3.8) is 0 Å². The van der Waals surface area contributed by atoms with Gasteiger partial charge in [-0.05, 0) is 24.6 Å². The average molecular weight is 219 g/mol. The lowest BCUT2D eigenvalue weighted by Crippen LogP contribution is -2.04. The van der Waals surface area contributed by atoms with Gasteiger partial charge in [-0.3, -0.25) is 4.79 Å². The van der Waals surface area contributed by atoms with Crippen molar-refractivity contribution in [1.29, 1.82) is 0 Å². The maximum atomic E-state index is 11.0. The van der Waals surface area contributed by atoms with Gasteiger partial charge in [0.1, 0.15) is 5.76 Å². The molecule has 2 aromatic rings. The summed E-state index contributed by atoms with van der Waals surface area (Å²) in [6.07, 6.45) is 1.50. The van der Waals surface area contributed by atoms with Crippen LogP contribution in [-0.4, -0.2) is 16.1 Å². The number of aryl methyl sites for hydroxylation is 1. The Bertz CT molecular complexity index is 594. The molecular weight excluding hydrogens is 210 g/mol. The number of aromatic nitrogens is 1. The van der Waals surface area contributed by atoms with Crippen LogP contribution in [0, 0.1) is 6.92 Å². The molecule has 0 unspecified atom stereocenters. The molecule has 0 spiro atoms. The summed E-state index contributed by atoms with van der Waals surface area (Å²) in [6, 6.07) is 4.37. The van der Waals surface area contributed by atoms with Gasteiger partial charge in [0.15, 0.2) is 0 Å². The molecule has 0 aliphatic carbocycles. The number of carboxylic acids is 1. The molecule has 0 amide bonds. The zero-order chi connectivity index (χ0) is 11.7. The first-order valence-corrected chi connectivity index (χ1v) is 4.61. The molecule has 0 aliphatic heterocycles. The first-order chi connectivity index (χ1) is 7.58. The Morgan fingerprint density at radius 2 is 2.19 bits per heavy atom. The number of aromatic amines is 1. The van der Waals surface area contributed by atoms with Crippen LogP contribution in [0.5, 0.6) is 0 Å². The lowest BCUT2D eigenvalue weighted by Gasteiger charge is -2.00. The van der Waals surface area contributed by atoms with Crippen molar-refractivity contribution in [2.24, 2.45) is 0 Å². The Hall–Kier alpha value is -2.30. The van der Waals surface area contributed by atoms with Gasteiger partial charge in [-0.2, -0.15) is 0 Å². The zero-order valence-corrected chi connectivity index (χ0v) is 8.48. The summed E-state index contributed by atoms with van der Waals surface area (Å²) in [7, 11) is 0. The molecule has 2 N–H and O–H groups in total. The van der Waals surface area contributed by atoms with Crippen molar-refractivity contribution >= 4 is 5.97 Å². The molecule has 2 heterocycles. The second-order valence-corrected chi connectivity index (χ2v) is 3.36. The van der Waals surface area contributed by atoms with Crippen molar-refractivity contribution in [2.45, 2.75) is 6.92 Å². The number of carbonyl (C=O) groups is 1. The van der Waals surface area contributed by atoms with Crippen LogP contribution in [0.4, 0.5) is 0 Å². The predicted molar refractivity (Wildman–Crippen MR) is 56.5 cm³/mol. The number of rotatable bonds is 2. The maximum absolute atomic E-state index is 11.0. The lowest BCUT2D eigenvalue weighted by molar-refractivity contribution is 0.0663. The van der Waals surface area contributed by atoms with E-state index in [4.69, 9.17) is 9.52 Å². The van der Waals surface area contributed by atoms with E-state index >= 15 is 0 Å². The van der Waals surface area contributed by atoms with Gasteiger partial charge in [0.25, 0.3) is 0 Å². The highest BCUT2D eigenvalue weighted by Crippen LogP contribution is 2.23. The van der Waals surface area contributed by atoms with Crippen LogP contribution in [0.15, 0.2) is 33.6 Å².